The zero-order valence-electron chi connectivity index (χ0n) is 15.3. The van der Waals surface area contributed by atoms with E-state index in [1.54, 1.807) is 0 Å². The van der Waals surface area contributed by atoms with Crippen LogP contribution in [0.2, 0.25) is 0 Å². The molecule has 3 nitrogen and oxygen atoms in total. The van der Waals surface area contributed by atoms with Gasteiger partial charge in [-0.1, -0.05) is 67.1 Å². The van der Waals surface area contributed by atoms with Gasteiger partial charge in [0.15, 0.2) is 5.78 Å². The van der Waals surface area contributed by atoms with Crippen LogP contribution < -0.4 is 0 Å². The van der Waals surface area contributed by atoms with Crippen LogP contribution in [0.4, 0.5) is 0 Å². The summed E-state index contributed by atoms with van der Waals surface area (Å²) in [5.41, 5.74) is 1.76. The fourth-order valence-corrected chi connectivity index (χ4v) is 3.85. The van der Waals surface area contributed by atoms with Gasteiger partial charge in [0.2, 0.25) is 0 Å². The SMILES string of the molecule is CN1[C@H](CC(=O)c2ccccc2)CCC[C@H]1C[C@H](O)c1ccccc1.Cl. The van der Waals surface area contributed by atoms with Crippen LogP contribution in [0.25, 0.3) is 0 Å². The van der Waals surface area contributed by atoms with E-state index < -0.39 is 6.10 Å². The van der Waals surface area contributed by atoms with Crippen LogP contribution in [0.1, 0.15) is 54.1 Å². The number of ketones is 1. The van der Waals surface area contributed by atoms with Gasteiger partial charge in [-0.2, -0.15) is 0 Å². The molecule has 1 saturated heterocycles. The molecule has 140 valence electrons. The number of aliphatic hydroxyl groups is 1. The van der Waals surface area contributed by atoms with Gasteiger partial charge < -0.3 is 5.11 Å². The van der Waals surface area contributed by atoms with Crippen LogP contribution >= 0.6 is 12.4 Å². The number of Topliss-reactive ketones (excluding diaryl/α,β-unsaturated/α-hetero) is 1. The molecule has 0 saturated carbocycles. The fourth-order valence-electron chi connectivity index (χ4n) is 3.85. The maximum atomic E-state index is 12.5. The van der Waals surface area contributed by atoms with E-state index in [-0.39, 0.29) is 24.2 Å². The van der Waals surface area contributed by atoms with E-state index in [1.165, 1.54) is 0 Å². The molecule has 0 aliphatic carbocycles. The van der Waals surface area contributed by atoms with Gasteiger partial charge >= 0.3 is 0 Å². The highest BCUT2D eigenvalue weighted by Crippen LogP contribution is 2.30. The molecule has 2 aromatic rings. The summed E-state index contributed by atoms with van der Waals surface area (Å²) >= 11 is 0. The summed E-state index contributed by atoms with van der Waals surface area (Å²) in [5, 5.41) is 10.5. The number of likely N-dealkylation sites (tertiary alicyclic amines) is 1. The molecule has 0 aromatic heterocycles. The highest BCUT2D eigenvalue weighted by atomic mass is 35.5. The van der Waals surface area contributed by atoms with Gasteiger partial charge in [-0.15, -0.1) is 12.4 Å². The molecule has 0 radical (unpaired) electrons. The summed E-state index contributed by atoms with van der Waals surface area (Å²) in [4.78, 5) is 14.8. The summed E-state index contributed by atoms with van der Waals surface area (Å²) in [6.45, 7) is 0. The normalized spacial score (nSPS) is 21.6. The molecule has 1 N–H and O–H groups in total. The molecule has 3 atom stereocenters. The van der Waals surface area contributed by atoms with Crippen molar-refractivity contribution in [1.29, 1.82) is 0 Å². The van der Waals surface area contributed by atoms with Crippen molar-refractivity contribution in [2.45, 2.75) is 50.3 Å². The quantitative estimate of drug-likeness (QED) is 0.749. The van der Waals surface area contributed by atoms with E-state index in [4.69, 9.17) is 0 Å². The van der Waals surface area contributed by atoms with Gasteiger partial charge in [-0.25, -0.2) is 0 Å². The third kappa shape index (κ3) is 5.16. The number of rotatable bonds is 6. The minimum Gasteiger partial charge on any atom is -0.388 e. The minimum atomic E-state index is -0.447. The summed E-state index contributed by atoms with van der Waals surface area (Å²) < 4.78 is 0. The summed E-state index contributed by atoms with van der Waals surface area (Å²) in [7, 11) is 2.10. The highest BCUT2D eigenvalue weighted by Gasteiger charge is 2.30. The number of halogens is 1. The Labute approximate surface area is 162 Å². The molecule has 1 aliphatic rings. The van der Waals surface area contributed by atoms with E-state index in [0.29, 0.717) is 12.5 Å². The topological polar surface area (TPSA) is 40.5 Å². The van der Waals surface area contributed by atoms with Crippen molar-refractivity contribution in [3.05, 3.63) is 71.8 Å². The Morgan fingerprint density at radius 1 is 1.04 bits per heavy atom. The van der Waals surface area contributed by atoms with E-state index in [2.05, 4.69) is 11.9 Å². The van der Waals surface area contributed by atoms with E-state index in [9.17, 15) is 9.90 Å². The van der Waals surface area contributed by atoms with Crippen LogP contribution in [0, 0.1) is 0 Å². The summed E-state index contributed by atoms with van der Waals surface area (Å²) in [6.07, 6.45) is 4.07. The number of nitrogens with zero attached hydrogens (tertiary/aromatic N) is 1. The number of piperidine rings is 1. The average Bonchev–Trinajstić information content (AvgIpc) is 2.66. The molecule has 0 bridgehead atoms. The molecule has 1 fully saturated rings. The van der Waals surface area contributed by atoms with Crippen LogP contribution in [0.3, 0.4) is 0 Å². The lowest BCUT2D eigenvalue weighted by molar-refractivity contribution is 0.0549. The first kappa shape index (κ1) is 20.6. The van der Waals surface area contributed by atoms with Crippen LogP contribution in [0.5, 0.6) is 0 Å². The van der Waals surface area contributed by atoms with Crippen LogP contribution in [0.15, 0.2) is 60.7 Å². The predicted octanol–water partition coefficient (Wildman–Crippen LogP) is 4.66. The number of carbonyl (C=O) groups excluding carboxylic acids is 1. The standard InChI is InChI=1S/C22H27NO2.ClH/c1-23-19(15-21(24)17-9-4-2-5-10-17)13-8-14-20(23)16-22(25)18-11-6-3-7-12-18;/h2-7,9-12,19-21,24H,8,13-16H2,1H3;1H/t19-,20-,21-;/m0./s1. The molecule has 2 aromatic carbocycles. The molecule has 4 heteroatoms. The van der Waals surface area contributed by atoms with Crippen molar-refractivity contribution >= 4 is 18.2 Å². The molecule has 0 unspecified atom stereocenters. The molecule has 0 spiro atoms. The lowest BCUT2D eigenvalue weighted by Gasteiger charge is -2.40. The number of hydrogen-bond donors (Lipinski definition) is 1. The zero-order chi connectivity index (χ0) is 17.6. The monoisotopic (exact) mass is 373 g/mol. The number of benzene rings is 2. The Morgan fingerprint density at radius 2 is 1.62 bits per heavy atom. The number of hydrogen-bond acceptors (Lipinski definition) is 3. The Morgan fingerprint density at radius 3 is 2.27 bits per heavy atom. The fraction of sp³-hybridized carbons (Fsp3) is 0.409. The van der Waals surface area contributed by atoms with Gasteiger partial charge in [0, 0.05) is 24.1 Å². The van der Waals surface area contributed by atoms with E-state index in [0.717, 1.165) is 36.8 Å². The molecular formula is C22H28ClNO2. The Hall–Kier alpha value is -1.68. The second-order valence-corrected chi connectivity index (χ2v) is 7.06. The molecular weight excluding hydrogens is 346 g/mol. The Bertz CT molecular complexity index is 677. The third-order valence-electron chi connectivity index (χ3n) is 5.42. The maximum Gasteiger partial charge on any atom is 0.164 e. The summed E-state index contributed by atoms with van der Waals surface area (Å²) in [6, 6.07) is 20.0. The molecule has 1 aliphatic heterocycles. The minimum absolute atomic E-state index is 0. The smallest absolute Gasteiger partial charge is 0.164 e. The number of carbonyl (C=O) groups is 1. The lowest BCUT2D eigenvalue weighted by atomic mass is 9.88. The van der Waals surface area contributed by atoms with Gasteiger partial charge in [0.05, 0.1) is 6.10 Å². The van der Waals surface area contributed by atoms with Crippen molar-refractivity contribution in [2.75, 3.05) is 7.05 Å². The largest absolute Gasteiger partial charge is 0.388 e. The molecule has 26 heavy (non-hydrogen) atoms. The van der Waals surface area contributed by atoms with Crippen molar-refractivity contribution in [3.63, 3.8) is 0 Å². The van der Waals surface area contributed by atoms with Gasteiger partial charge in [-0.3, -0.25) is 9.69 Å². The summed E-state index contributed by atoms with van der Waals surface area (Å²) in [5.74, 6) is 0.210. The second-order valence-electron chi connectivity index (χ2n) is 7.06. The van der Waals surface area contributed by atoms with Crippen molar-refractivity contribution < 1.29 is 9.90 Å². The Balaban J connectivity index is 0.00000243. The van der Waals surface area contributed by atoms with Crippen molar-refractivity contribution in [1.82, 2.24) is 4.90 Å². The van der Waals surface area contributed by atoms with Gasteiger partial charge in [-0.05, 0) is 31.9 Å². The zero-order valence-corrected chi connectivity index (χ0v) is 16.1. The van der Waals surface area contributed by atoms with Gasteiger partial charge in [0.25, 0.3) is 0 Å². The van der Waals surface area contributed by atoms with Crippen LogP contribution in [-0.2, 0) is 0 Å². The van der Waals surface area contributed by atoms with E-state index >= 15 is 0 Å². The first-order valence-electron chi connectivity index (χ1n) is 9.18. The van der Waals surface area contributed by atoms with Gasteiger partial charge in [0.1, 0.15) is 0 Å². The Kier molecular flexibility index (Phi) is 7.83. The highest BCUT2D eigenvalue weighted by molar-refractivity contribution is 5.96. The first-order valence-corrected chi connectivity index (χ1v) is 9.18. The lowest BCUT2D eigenvalue weighted by Crippen LogP contribution is -2.45. The second kappa shape index (κ2) is 9.86. The number of aliphatic hydroxyl groups excluding tert-OH is 1. The third-order valence-corrected chi connectivity index (χ3v) is 5.42. The molecule has 0 amide bonds. The first-order chi connectivity index (χ1) is 12.1. The maximum absolute atomic E-state index is 12.5. The van der Waals surface area contributed by atoms with Crippen molar-refractivity contribution in [3.8, 4) is 0 Å². The predicted molar refractivity (Wildman–Crippen MR) is 108 cm³/mol. The van der Waals surface area contributed by atoms with Crippen molar-refractivity contribution in [2.24, 2.45) is 0 Å². The molecule has 1 heterocycles. The average molecular weight is 374 g/mol. The van der Waals surface area contributed by atoms with Crippen LogP contribution in [-0.4, -0.2) is 34.9 Å². The molecule has 3 rings (SSSR count). The van der Waals surface area contributed by atoms with E-state index in [1.807, 2.05) is 60.7 Å².